The first-order chi connectivity index (χ1) is 11.9. The normalized spacial score (nSPS) is 12.6. The van der Waals surface area contributed by atoms with Crippen molar-refractivity contribution in [2.45, 2.75) is 45.9 Å². The minimum absolute atomic E-state index is 0.0348. The summed E-state index contributed by atoms with van der Waals surface area (Å²) in [5.41, 5.74) is 8.66. The first-order valence-corrected chi connectivity index (χ1v) is 7.85. The summed E-state index contributed by atoms with van der Waals surface area (Å²) in [6, 6.07) is 6.15. The third-order valence-corrected chi connectivity index (χ3v) is 3.45. The van der Waals surface area contributed by atoms with Gasteiger partial charge in [-0.05, 0) is 38.8 Å². The lowest BCUT2D eigenvalue weighted by molar-refractivity contribution is -0.165. The summed E-state index contributed by atoms with van der Waals surface area (Å²) in [6.07, 6.45) is -4.53. The van der Waals surface area contributed by atoms with Crippen LogP contribution in [0.2, 0.25) is 0 Å². The number of anilines is 1. The van der Waals surface area contributed by atoms with Crippen molar-refractivity contribution in [1.82, 2.24) is 0 Å². The molecule has 146 valence electrons. The Morgan fingerprint density at radius 3 is 1.65 bits per heavy atom. The summed E-state index contributed by atoms with van der Waals surface area (Å²) in [7, 11) is 0. The van der Waals surface area contributed by atoms with Crippen molar-refractivity contribution in [3.8, 4) is 0 Å². The number of aliphatic hydroxyl groups is 2. The van der Waals surface area contributed by atoms with Crippen molar-refractivity contribution in [3.05, 3.63) is 29.3 Å². The van der Waals surface area contributed by atoms with Crippen LogP contribution in [0.1, 0.15) is 25.0 Å². The van der Waals surface area contributed by atoms with E-state index in [9.17, 15) is 14.4 Å². The predicted molar refractivity (Wildman–Crippen MR) is 94.9 cm³/mol. The van der Waals surface area contributed by atoms with E-state index in [4.69, 9.17) is 26.2 Å². The Balaban J connectivity index is 0.000000541. The number of carbonyl (C=O) groups is 3. The Kier molecular flexibility index (Phi) is 9.49. The summed E-state index contributed by atoms with van der Waals surface area (Å²) in [6.45, 7) is 8.08. The lowest BCUT2D eigenvalue weighted by atomic mass is 10.1. The molecule has 0 saturated heterocycles. The SMILES string of the molecule is Cc1cccc(C)c1N(C(=O)CN)C(C)C.O=C(O)C(O)C(O)C(=O)O. The third kappa shape index (κ3) is 6.43. The van der Waals surface area contributed by atoms with Crippen LogP contribution < -0.4 is 10.6 Å². The number of aliphatic carboxylic acids is 2. The van der Waals surface area contributed by atoms with Gasteiger partial charge in [0.25, 0.3) is 0 Å². The molecule has 0 aliphatic carbocycles. The van der Waals surface area contributed by atoms with Crippen molar-refractivity contribution in [2.24, 2.45) is 5.73 Å². The standard InChI is InChI=1S/C13H20N2O.C4H6O6/c1-9(2)15(12(16)8-14)13-10(3)6-5-7-11(13)4;5-1(3(7)8)2(6)4(9)10/h5-7,9H,8,14H2,1-4H3;1-2,5-6H,(H,7,8)(H,9,10). The maximum absolute atomic E-state index is 11.9. The van der Waals surface area contributed by atoms with Gasteiger partial charge in [-0.1, -0.05) is 18.2 Å². The van der Waals surface area contributed by atoms with E-state index in [2.05, 4.69) is 0 Å². The Morgan fingerprint density at radius 2 is 1.38 bits per heavy atom. The van der Waals surface area contributed by atoms with Crippen LogP contribution in [0.25, 0.3) is 0 Å². The number of carboxylic acids is 2. The molecule has 0 heterocycles. The molecule has 0 aliphatic rings. The quantitative estimate of drug-likeness (QED) is 0.463. The van der Waals surface area contributed by atoms with Crippen LogP contribution in [-0.4, -0.2) is 63.1 Å². The van der Waals surface area contributed by atoms with Crippen LogP contribution in [0.4, 0.5) is 5.69 Å². The molecule has 0 aromatic heterocycles. The van der Waals surface area contributed by atoms with Crippen molar-refractivity contribution in [3.63, 3.8) is 0 Å². The maximum atomic E-state index is 11.9. The van der Waals surface area contributed by atoms with E-state index in [0.29, 0.717) is 0 Å². The highest BCUT2D eigenvalue weighted by atomic mass is 16.4. The molecule has 1 aromatic rings. The lowest BCUT2D eigenvalue weighted by Gasteiger charge is -2.29. The highest BCUT2D eigenvalue weighted by Crippen LogP contribution is 2.26. The van der Waals surface area contributed by atoms with Gasteiger partial charge in [0.05, 0.1) is 6.54 Å². The highest BCUT2D eigenvalue weighted by Gasteiger charge is 2.29. The number of aryl methyl sites for hydroxylation is 2. The van der Waals surface area contributed by atoms with E-state index in [-0.39, 0.29) is 18.5 Å². The van der Waals surface area contributed by atoms with Gasteiger partial charge in [-0.3, -0.25) is 4.79 Å². The largest absolute Gasteiger partial charge is 0.479 e. The van der Waals surface area contributed by atoms with Crippen molar-refractivity contribution in [2.75, 3.05) is 11.4 Å². The Hall–Kier alpha value is -2.49. The summed E-state index contributed by atoms with van der Waals surface area (Å²) in [5, 5.41) is 32.5. The molecule has 9 nitrogen and oxygen atoms in total. The van der Waals surface area contributed by atoms with Crippen molar-refractivity contribution < 1.29 is 34.8 Å². The molecule has 1 aromatic carbocycles. The third-order valence-electron chi connectivity index (χ3n) is 3.45. The molecular formula is C17H26N2O7. The predicted octanol–water partition coefficient (Wildman–Crippen LogP) is -0.119. The van der Waals surface area contributed by atoms with E-state index >= 15 is 0 Å². The Bertz CT molecular complexity index is 608. The minimum atomic E-state index is -2.27. The van der Waals surface area contributed by atoms with Gasteiger partial charge in [0.1, 0.15) is 0 Å². The molecule has 1 amide bonds. The van der Waals surface area contributed by atoms with E-state index < -0.39 is 24.1 Å². The number of carboxylic acid groups (broad SMARTS) is 2. The molecule has 2 unspecified atom stereocenters. The summed E-state index contributed by atoms with van der Waals surface area (Å²) >= 11 is 0. The molecule has 0 spiro atoms. The second-order valence-corrected chi connectivity index (χ2v) is 5.87. The first-order valence-electron chi connectivity index (χ1n) is 7.85. The molecule has 9 heteroatoms. The number of hydrogen-bond acceptors (Lipinski definition) is 6. The monoisotopic (exact) mass is 370 g/mol. The molecule has 1 rings (SSSR count). The Labute approximate surface area is 151 Å². The second kappa shape index (κ2) is 10.5. The zero-order valence-electron chi connectivity index (χ0n) is 15.2. The van der Waals surface area contributed by atoms with Crippen molar-refractivity contribution in [1.29, 1.82) is 0 Å². The topological polar surface area (TPSA) is 161 Å². The smallest absolute Gasteiger partial charge is 0.335 e. The molecule has 0 radical (unpaired) electrons. The highest BCUT2D eigenvalue weighted by molar-refractivity contribution is 5.96. The van der Waals surface area contributed by atoms with Gasteiger partial charge in [0.2, 0.25) is 5.91 Å². The van der Waals surface area contributed by atoms with Crippen LogP contribution >= 0.6 is 0 Å². The number of aliphatic hydroxyl groups excluding tert-OH is 2. The Morgan fingerprint density at radius 1 is 1.00 bits per heavy atom. The van der Waals surface area contributed by atoms with Gasteiger partial charge in [0.15, 0.2) is 12.2 Å². The van der Waals surface area contributed by atoms with Gasteiger partial charge in [-0.2, -0.15) is 0 Å². The van der Waals surface area contributed by atoms with Crippen LogP contribution in [-0.2, 0) is 14.4 Å². The first kappa shape index (κ1) is 23.5. The molecular weight excluding hydrogens is 344 g/mol. The van der Waals surface area contributed by atoms with Crippen LogP contribution in [0.5, 0.6) is 0 Å². The fourth-order valence-corrected chi connectivity index (χ4v) is 2.22. The second-order valence-electron chi connectivity index (χ2n) is 5.87. The molecule has 0 aliphatic heterocycles. The van der Waals surface area contributed by atoms with Crippen molar-refractivity contribution >= 4 is 23.5 Å². The number of hydrogen-bond donors (Lipinski definition) is 5. The maximum Gasteiger partial charge on any atom is 0.335 e. The molecule has 0 fully saturated rings. The fourth-order valence-electron chi connectivity index (χ4n) is 2.22. The molecule has 6 N–H and O–H groups in total. The fraction of sp³-hybridized carbons (Fsp3) is 0.471. The summed E-state index contributed by atoms with van der Waals surface area (Å²) in [4.78, 5) is 33.2. The van der Waals surface area contributed by atoms with Gasteiger partial charge < -0.3 is 31.1 Å². The van der Waals surface area contributed by atoms with Gasteiger partial charge in [0, 0.05) is 11.7 Å². The number of para-hydroxylation sites is 1. The summed E-state index contributed by atoms with van der Waals surface area (Å²) < 4.78 is 0. The van der Waals surface area contributed by atoms with E-state index in [0.717, 1.165) is 16.8 Å². The van der Waals surface area contributed by atoms with Crippen LogP contribution in [0.15, 0.2) is 18.2 Å². The van der Waals surface area contributed by atoms with E-state index in [1.807, 2.05) is 45.9 Å². The minimum Gasteiger partial charge on any atom is -0.479 e. The molecule has 0 bridgehead atoms. The zero-order chi connectivity index (χ0) is 20.6. The van der Waals surface area contributed by atoms with Crippen LogP contribution in [0, 0.1) is 13.8 Å². The molecule has 2 atom stereocenters. The number of carbonyl (C=O) groups excluding carboxylic acids is 1. The van der Waals surface area contributed by atoms with E-state index in [1.165, 1.54) is 0 Å². The number of nitrogens with two attached hydrogens (primary N) is 1. The average Bonchev–Trinajstić information content (AvgIpc) is 2.56. The number of rotatable bonds is 6. The lowest BCUT2D eigenvalue weighted by Crippen LogP contribution is -2.41. The van der Waals surface area contributed by atoms with Crippen LogP contribution in [0.3, 0.4) is 0 Å². The average molecular weight is 370 g/mol. The molecule has 0 saturated carbocycles. The van der Waals surface area contributed by atoms with E-state index in [1.54, 1.807) is 4.90 Å². The summed E-state index contributed by atoms with van der Waals surface area (Å²) in [5.74, 6) is -3.57. The number of benzene rings is 1. The molecule has 26 heavy (non-hydrogen) atoms. The van der Waals surface area contributed by atoms with Gasteiger partial charge in [-0.25, -0.2) is 9.59 Å². The van der Waals surface area contributed by atoms with Gasteiger partial charge >= 0.3 is 11.9 Å². The zero-order valence-corrected chi connectivity index (χ0v) is 15.2. The number of nitrogens with zero attached hydrogens (tertiary/aromatic N) is 1. The number of amides is 1. The van der Waals surface area contributed by atoms with Gasteiger partial charge in [-0.15, -0.1) is 0 Å².